The summed E-state index contributed by atoms with van der Waals surface area (Å²) in [6.45, 7) is 2.98. The van der Waals surface area contributed by atoms with Crippen molar-refractivity contribution in [2.24, 2.45) is 5.73 Å². The number of carbonyl (C=O) groups is 1. The Bertz CT molecular complexity index is 3000. The molecule has 2 aliphatic rings. The maximum atomic E-state index is 13.9. The van der Waals surface area contributed by atoms with Crippen LogP contribution in [0.15, 0.2) is 94.7 Å². The molecule has 4 aromatic carbocycles. The van der Waals surface area contributed by atoms with Crippen LogP contribution in [-0.2, 0) is 43.5 Å². The number of nitrogens with zero attached hydrogens (tertiary/aromatic N) is 5. The molecular weight excluding hydrogens is 1070 g/mol. The van der Waals surface area contributed by atoms with Crippen molar-refractivity contribution < 1.29 is 92.6 Å². The summed E-state index contributed by atoms with van der Waals surface area (Å²) in [7, 11) is -8.54. The van der Waals surface area contributed by atoms with Crippen LogP contribution in [-0.4, -0.2) is 106 Å². The van der Waals surface area contributed by atoms with Gasteiger partial charge in [0.1, 0.15) is 0 Å². The molecule has 29 heteroatoms. The van der Waals surface area contributed by atoms with Crippen LogP contribution >= 0.6 is 0 Å². The van der Waals surface area contributed by atoms with E-state index >= 15 is 0 Å². The van der Waals surface area contributed by atoms with E-state index in [0.717, 1.165) is 33.5 Å². The molecule has 1 unspecified atom stereocenters. The lowest BCUT2D eigenvalue weighted by Crippen LogP contribution is -2.60. The highest BCUT2D eigenvalue weighted by Crippen LogP contribution is 2.50. The summed E-state index contributed by atoms with van der Waals surface area (Å²) in [5.74, 6) is -0.268. The van der Waals surface area contributed by atoms with Crippen molar-refractivity contribution in [3.8, 4) is 6.07 Å². The molecule has 0 spiro atoms. The molecule has 2 aliphatic heterocycles. The largest absolute Gasteiger partial charge is 0.421 e. The Labute approximate surface area is 413 Å². The van der Waals surface area contributed by atoms with Gasteiger partial charge in [-0.15, -0.1) is 0 Å². The van der Waals surface area contributed by atoms with Gasteiger partial charge in [-0.05, 0) is 93.4 Å². The van der Waals surface area contributed by atoms with Crippen LogP contribution in [0.1, 0.15) is 65.9 Å². The number of aliphatic hydroxyl groups is 1. The number of rotatable bonds is 9. The number of carbonyl (C=O) groups excluding carboxylic acids is 1. The van der Waals surface area contributed by atoms with E-state index in [0.29, 0.717) is 19.1 Å². The zero-order valence-electron chi connectivity index (χ0n) is 38.8. The maximum Gasteiger partial charge on any atom is 0.421 e. The van der Waals surface area contributed by atoms with Crippen LogP contribution < -0.4 is 15.5 Å². The summed E-state index contributed by atoms with van der Waals surface area (Å²) in [6, 6.07) is 12.4. The minimum Gasteiger partial charge on any atom is -0.376 e. The van der Waals surface area contributed by atoms with E-state index < -0.39 is 127 Å². The lowest BCUT2D eigenvalue weighted by atomic mass is 9.87. The number of sulfonamides is 2. The zero-order chi connectivity index (χ0) is 56.2. The average molecular weight is 1110 g/mol. The van der Waals surface area contributed by atoms with Crippen molar-refractivity contribution in [2.75, 3.05) is 49.1 Å². The van der Waals surface area contributed by atoms with Crippen LogP contribution in [0.4, 0.5) is 77.2 Å². The first kappa shape index (κ1) is 59.2. The normalized spacial score (nSPS) is 19.0. The molecule has 0 radical (unpaired) electrons. The monoisotopic (exact) mass is 1110 g/mol. The number of Topliss-reactive ketones (excluding diaryl/α,β-unsaturated/α-hetero) is 1. The van der Waals surface area contributed by atoms with E-state index in [9.17, 15) is 92.6 Å². The van der Waals surface area contributed by atoms with Crippen LogP contribution in [0.3, 0.4) is 0 Å². The van der Waals surface area contributed by atoms with Crippen LogP contribution in [0.2, 0.25) is 0 Å². The van der Waals surface area contributed by atoms with Gasteiger partial charge in [-0.1, -0.05) is 30.3 Å². The highest BCUT2D eigenvalue weighted by molar-refractivity contribution is 7.89. The molecule has 0 bridgehead atoms. The van der Waals surface area contributed by atoms with Crippen molar-refractivity contribution >= 4 is 37.2 Å². The molecule has 0 amide bonds. The third-order valence-corrected chi connectivity index (χ3v) is 16.3. The fourth-order valence-electron chi connectivity index (χ4n) is 8.18. The smallest absolute Gasteiger partial charge is 0.376 e. The molecule has 2 saturated heterocycles. The second-order valence-corrected chi connectivity index (χ2v) is 21.2. The van der Waals surface area contributed by atoms with Crippen LogP contribution in [0, 0.1) is 11.3 Å². The topological polar surface area (TPSA) is 168 Å². The van der Waals surface area contributed by atoms with Gasteiger partial charge in [0, 0.05) is 68.3 Å². The van der Waals surface area contributed by atoms with Gasteiger partial charge in [-0.2, -0.15) is 79.7 Å². The summed E-state index contributed by atoms with van der Waals surface area (Å²) in [5.41, 5.74) is -10.3. The summed E-state index contributed by atoms with van der Waals surface area (Å²) in [6.07, 6.45) is -27.7. The molecule has 0 saturated carbocycles. The highest BCUT2D eigenvalue weighted by atomic mass is 32.2. The lowest BCUT2D eigenvalue weighted by Gasteiger charge is -2.41. The quantitative estimate of drug-likeness (QED) is 0.122. The van der Waals surface area contributed by atoms with Crippen LogP contribution in [0.25, 0.3) is 0 Å². The molecule has 2 heterocycles. The molecule has 0 aromatic heterocycles. The molecule has 2 fully saturated rings. The standard InChI is InChI=1S/C24H23F12N3O3S.C21H20F3N3O3S/c1-13-12-38(8-9-39(13)43(41,42)16-5-3-4-14(10-16)19(2,40)22(28,29)30)18-7-6-15(11-17(18)21(25,26)27)20(37,23(31,32)33)24(34,35)36;1-14-13-26(20-7-6-16(12-25)10-19(20)21(22,23)24)8-9-27(14)31(29,30)18-5-3-4-17(11-18)15(2)28/h3-7,10-11,13,40H,8-9,12,37H2,1-2H3;3-7,10-11,14H,8-9,13H2,1-2H3/t13-,19?;14-/m11/s1. The average Bonchev–Trinajstić information content (AvgIpc) is 3.29. The number of benzene rings is 4. The van der Waals surface area contributed by atoms with E-state index in [2.05, 4.69) is 5.73 Å². The SMILES string of the molecule is CC(=O)c1cccc(S(=O)(=O)N2CCN(c3ccc(C#N)cc3C(F)(F)F)C[C@H]2C)c1.C[C@@H]1CN(c2ccc(C(N)(C(F)(F)F)C(F)(F)F)cc2C(F)(F)F)CCN1S(=O)(=O)c1cccc(C(C)(O)C(F)(F)F)c1. The van der Waals surface area contributed by atoms with Gasteiger partial charge < -0.3 is 20.6 Å². The summed E-state index contributed by atoms with van der Waals surface area (Å²) in [4.78, 5) is 13.3. The van der Waals surface area contributed by atoms with Gasteiger partial charge in [0.2, 0.25) is 25.6 Å². The first-order valence-electron chi connectivity index (χ1n) is 21.4. The highest BCUT2D eigenvalue weighted by Gasteiger charge is 2.70. The Kier molecular flexibility index (Phi) is 16.4. The summed E-state index contributed by atoms with van der Waals surface area (Å²) < 4.78 is 257. The summed E-state index contributed by atoms with van der Waals surface area (Å²) in [5, 5.41) is 18.9. The molecule has 3 N–H and O–H groups in total. The van der Waals surface area contributed by atoms with E-state index in [4.69, 9.17) is 5.26 Å². The Morgan fingerprint density at radius 3 is 1.45 bits per heavy atom. The second-order valence-electron chi connectivity index (χ2n) is 17.4. The second kappa shape index (κ2) is 20.5. The number of ketones is 1. The van der Waals surface area contributed by atoms with Gasteiger partial charge in [-0.3, -0.25) is 4.79 Å². The number of nitriles is 1. The molecule has 3 atom stereocenters. The first-order chi connectivity index (χ1) is 33.6. The van der Waals surface area contributed by atoms with Crippen LogP contribution in [0.5, 0.6) is 0 Å². The third kappa shape index (κ3) is 11.7. The van der Waals surface area contributed by atoms with E-state index in [-0.39, 0.29) is 59.3 Å². The van der Waals surface area contributed by atoms with Crippen molar-refractivity contribution in [3.63, 3.8) is 0 Å². The van der Waals surface area contributed by atoms with E-state index in [1.807, 2.05) is 0 Å². The molecule has 4 aromatic rings. The molecule has 6 rings (SSSR count). The zero-order valence-corrected chi connectivity index (χ0v) is 40.4. The Balaban J connectivity index is 0.000000288. The minimum absolute atomic E-state index is 0.0227. The van der Waals surface area contributed by atoms with Crippen molar-refractivity contribution in [1.82, 2.24) is 8.61 Å². The Morgan fingerprint density at radius 1 is 0.608 bits per heavy atom. The summed E-state index contributed by atoms with van der Waals surface area (Å²) >= 11 is 0. The first-order valence-corrected chi connectivity index (χ1v) is 24.3. The van der Waals surface area contributed by atoms with E-state index in [1.54, 1.807) is 13.0 Å². The van der Waals surface area contributed by atoms with Crippen molar-refractivity contribution in [2.45, 2.75) is 91.6 Å². The predicted molar refractivity (Wildman–Crippen MR) is 235 cm³/mol. The number of hydrogen-bond acceptors (Lipinski definition) is 10. The number of piperazine rings is 2. The molecule has 12 nitrogen and oxygen atoms in total. The number of hydrogen-bond donors (Lipinski definition) is 2. The van der Waals surface area contributed by atoms with Gasteiger partial charge in [0.15, 0.2) is 11.4 Å². The van der Waals surface area contributed by atoms with Gasteiger partial charge in [0.05, 0.1) is 32.6 Å². The molecule has 0 aliphatic carbocycles. The van der Waals surface area contributed by atoms with E-state index in [1.165, 1.54) is 59.5 Å². The Hall–Kier alpha value is -5.67. The number of halogens is 15. The van der Waals surface area contributed by atoms with Crippen molar-refractivity contribution in [3.05, 3.63) is 118 Å². The Morgan fingerprint density at radius 2 is 1.04 bits per heavy atom. The van der Waals surface area contributed by atoms with Gasteiger partial charge in [-0.25, -0.2) is 16.8 Å². The van der Waals surface area contributed by atoms with Gasteiger partial charge >= 0.3 is 30.9 Å². The molecule has 406 valence electrons. The van der Waals surface area contributed by atoms with Gasteiger partial charge in [0.25, 0.3) is 0 Å². The predicted octanol–water partition coefficient (Wildman–Crippen LogP) is 9.33. The minimum atomic E-state index is -6.23. The maximum absolute atomic E-state index is 13.9. The fraction of sp³-hybridized carbons (Fsp3) is 0.422. The number of nitrogens with two attached hydrogens (primary N) is 1. The molecular formula is C45H43F15N6O6S2. The van der Waals surface area contributed by atoms with Crippen molar-refractivity contribution in [1.29, 1.82) is 5.26 Å². The number of alkyl halides is 15. The third-order valence-electron chi connectivity index (χ3n) is 12.3. The molecule has 74 heavy (non-hydrogen) atoms. The number of anilines is 2. The lowest BCUT2D eigenvalue weighted by molar-refractivity contribution is -0.302. The fourth-order valence-corrected chi connectivity index (χ4v) is 11.5.